The summed E-state index contributed by atoms with van der Waals surface area (Å²) in [5.74, 6) is -0.370. The second-order valence-electron chi connectivity index (χ2n) is 4.43. The van der Waals surface area contributed by atoms with E-state index in [1.807, 2.05) is 6.92 Å². The molecule has 0 bridgehead atoms. The number of rotatable bonds is 4. The van der Waals surface area contributed by atoms with E-state index in [0.29, 0.717) is 17.7 Å². The lowest BCUT2D eigenvalue weighted by molar-refractivity contribution is 0.0651. The van der Waals surface area contributed by atoms with Crippen molar-refractivity contribution in [1.29, 1.82) is 0 Å². The van der Waals surface area contributed by atoms with Crippen LogP contribution in [0.15, 0.2) is 24.3 Å². The van der Waals surface area contributed by atoms with Crippen LogP contribution in [0.1, 0.15) is 40.5 Å². The van der Waals surface area contributed by atoms with Crippen molar-refractivity contribution >= 4 is 24.2 Å². The number of nitrogens with zero attached hydrogens (tertiary/aromatic N) is 1. The van der Waals surface area contributed by atoms with Crippen LogP contribution in [0.2, 0.25) is 0 Å². The minimum atomic E-state index is -0.185. The van der Waals surface area contributed by atoms with Crippen molar-refractivity contribution in [2.45, 2.75) is 25.8 Å². The molecule has 0 aliphatic carbocycles. The van der Waals surface area contributed by atoms with Gasteiger partial charge in [0.15, 0.2) is 0 Å². The molecule has 5 heteroatoms. The van der Waals surface area contributed by atoms with E-state index in [1.54, 1.807) is 24.3 Å². The van der Waals surface area contributed by atoms with Crippen LogP contribution >= 0.6 is 12.4 Å². The van der Waals surface area contributed by atoms with Gasteiger partial charge in [0.1, 0.15) is 0 Å². The smallest absolute Gasteiger partial charge is 0.261 e. The predicted octanol–water partition coefficient (Wildman–Crippen LogP) is 1.83. The zero-order valence-electron chi connectivity index (χ0n) is 10.3. The first kappa shape index (κ1) is 14.7. The molecule has 18 heavy (non-hydrogen) atoms. The lowest BCUT2D eigenvalue weighted by Gasteiger charge is -2.14. The number of hydrogen-bond acceptors (Lipinski definition) is 3. The second-order valence-corrected chi connectivity index (χ2v) is 4.43. The summed E-state index contributed by atoms with van der Waals surface area (Å²) in [5.41, 5.74) is 6.67. The van der Waals surface area contributed by atoms with Crippen LogP contribution in [0.25, 0.3) is 0 Å². The van der Waals surface area contributed by atoms with Gasteiger partial charge < -0.3 is 5.73 Å². The molecule has 0 radical (unpaired) electrons. The maximum atomic E-state index is 12.0. The number of benzene rings is 1. The van der Waals surface area contributed by atoms with Gasteiger partial charge in [-0.05, 0) is 31.9 Å². The van der Waals surface area contributed by atoms with Gasteiger partial charge in [0.2, 0.25) is 0 Å². The van der Waals surface area contributed by atoms with E-state index < -0.39 is 0 Å². The lowest BCUT2D eigenvalue weighted by atomic mass is 10.1. The van der Waals surface area contributed by atoms with Gasteiger partial charge in [-0.3, -0.25) is 14.5 Å². The molecule has 0 saturated heterocycles. The fourth-order valence-electron chi connectivity index (χ4n) is 2.01. The Balaban J connectivity index is 0.00000162. The summed E-state index contributed by atoms with van der Waals surface area (Å²) in [6.07, 6.45) is 1.57. The van der Waals surface area contributed by atoms with Gasteiger partial charge in [0.05, 0.1) is 11.1 Å². The Hall–Kier alpha value is -1.39. The SMILES string of the molecule is CC(N)CCCN1C(=O)c2ccccc2C1=O.Cl. The highest BCUT2D eigenvalue weighted by atomic mass is 35.5. The summed E-state index contributed by atoms with van der Waals surface area (Å²) >= 11 is 0. The first-order chi connectivity index (χ1) is 8.11. The van der Waals surface area contributed by atoms with Crippen LogP contribution < -0.4 is 5.73 Å². The minimum Gasteiger partial charge on any atom is -0.328 e. The van der Waals surface area contributed by atoms with Crippen molar-refractivity contribution in [2.75, 3.05) is 6.54 Å². The molecule has 0 aromatic heterocycles. The summed E-state index contributed by atoms with van der Waals surface area (Å²) < 4.78 is 0. The van der Waals surface area contributed by atoms with Gasteiger partial charge in [-0.1, -0.05) is 12.1 Å². The third-order valence-corrected chi connectivity index (χ3v) is 2.92. The van der Waals surface area contributed by atoms with Crippen molar-refractivity contribution < 1.29 is 9.59 Å². The molecule has 1 aromatic rings. The molecule has 0 spiro atoms. The maximum Gasteiger partial charge on any atom is 0.261 e. The van der Waals surface area contributed by atoms with Gasteiger partial charge in [0.25, 0.3) is 11.8 Å². The molecule has 2 N–H and O–H groups in total. The number of amides is 2. The molecular formula is C13H17ClN2O2. The number of halogens is 1. The third kappa shape index (κ3) is 2.71. The first-order valence-corrected chi connectivity index (χ1v) is 5.82. The Kier molecular flexibility index (Phi) is 4.87. The summed E-state index contributed by atoms with van der Waals surface area (Å²) in [7, 11) is 0. The predicted molar refractivity (Wildman–Crippen MR) is 71.9 cm³/mol. The van der Waals surface area contributed by atoms with Gasteiger partial charge in [-0.15, -0.1) is 12.4 Å². The van der Waals surface area contributed by atoms with Crippen LogP contribution in [0.5, 0.6) is 0 Å². The lowest BCUT2D eigenvalue weighted by Crippen LogP contribution is -2.31. The molecule has 4 nitrogen and oxygen atoms in total. The average Bonchev–Trinajstić information content (AvgIpc) is 2.54. The Bertz CT molecular complexity index is 425. The van der Waals surface area contributed by atoms with Gasteiger partial charge in [-0.25, -0.2) is 0 Å². The number of imide groups is 1. The highest BCUT2D eigenvalue weighted by molar-refractivity contribution is 6.21. The van der Waals surface area contributed by atoms with Gasteiger partial charge in [0, 0.05) is 12.6 Å². The molecule has 0 fully saturated rings. The summed E-state index contributed by atoms with van der Waals surface area (Å²) in [4.78, 5) is 25.2. The fraction of sp³-hybridized carbons (Fsp3) is 0.385. The van der Waals surface area contributed by atoms with Crippen LogP contribution in [0.4, 0.5) is 0 Å². The molecule has 0 saturated carbocycles. The van der Waals surface area contributed by atoms with Crippen molar-refractivity contribution in [2.24, 2.45) is 5.73 Å². The molecule has 1 atom stereocenters. The van der Waals surface area contributed by atoms with Crippen molar-refractivity contribution in [3.8, 4) is 0 Å². The molecule has 1 aliphatic heterocycles. The molecule has 2 amide bonds. The van der Waals surface area contributed by atoms with Crippen LogP contribution in [0, 0.1) is 0 Å². The number of carbonyl (C=O) groups excluding carboxylic acids is 2. The summed E-state index contributed by atoms with van der Waals surface area (Å²) in [5, 5.41) is 0. The molecular weight excluding hydrogens is 252 g/mol. The Morgan fingerprint density at radius 2 is 1.67 bits per heavy atom. The monoisotopic (exact) mass is 268 g/mol. The van der Waals surface area contributed by atoms with E-state index in [1.165, 1.54) is 4.90 Å². The molecule has 1 unspecified atom stereocenters. The molecule has 1 heterocycles. The topological polar surface area (TPSA) is 63.4 Å². The largest absolute Gasteiger partial charge is 0.328 e. The Labute approximate surface area is 113 Å². The number of carbonyl (C=O) groups is 2. The number of nitrogens with two attached hydrogens (primary N) is 1. The van der Waals surface area contributed by atoms with E-state index in [2.05, 4.69) is 0 Å². The normalized spacial score (nSPS) is 15.3. The van der Waals surface area contributed by atoms with Crippen LogP contribution in [-0.2, 0) is 0 Å². The molecule has 1 aliphatic rings. The highest BCUT2D eigenvalue weighted by Gasteiger charge is 2.34. The molecule has 2 rings (SSSR count). The van der Waals surface area contributed by atoms with Gasteiger partial charge >= 0.3 is 0 Å². The van der Waals surface area contributed by atoms with E-state index >= 15 is 0 Å². The van der Waals surface area contributed by atoms with Crippen LogP contribution in [-0.4, -0.2) is 29.3 Å². The van der Waals surface area contributed by atoms with Crippen molar-refractivity contribution in [3.05, 3.63) is 35.4 Å². The molecule has 1 aromatic carbocycles. The zero-order valence-corrected chi connectivity index (χ0v) is 11.1. The van der Waals surface area contributed by atoms with Gasteiger partial charge in [-0.2, -0.15) is 0 Å². The number of hydrogen-bond donors (Lipinski definition) is 1. The van der Waals surface area contributed by atoms with Crippen LogP contribution in [0.3, 0.4) is 0 Å². The maximum absolute atomic E-state index is 12.0. The van der Waals surface area contributed by atoms with E-state index in [9.17, 15) is 9.59 Å². The Morgan fingerprint density at radius 3 is 2.11 bits per heavy atom. The summed E-state index contributed by atoms with van der Waals surface area (Å²) in [6, 6.07) is 7.04. The second kappa shape index (κ2) is 5.98. The van der Waals surface area contributed by atoms with E-state index in [-0.39, 0.29) is 30.3 Å². The van der Waals surface area contributed by atoms with E-state index in [0.717, 1.165) is 12.8 Å². The Morgan fingerprint density at radius 1 is 1.17 bits per heavy atom. The van der Waals surface area contributed by atoms with E-state index in [4.69, 9.17) is 5.73 Å². The summed E-state index contributed by atoms with van der Waals surface area (Å²) in [6.45, 7) is 2.37. The number of fused-ring (bicyclic) bond motifs is 1. The zero-order chi connectivity index (χ0) is 12.4. The van der Waals surface area contributed by atoms with Crippen molar-refractivity contribution in [1.82, 2.24) is 4.90 Å². The third-order valence-electron chi connectivity index (χ3n) is 2.92. The van der Waals surface area contributed by atoms with Crippen molar-refractivity contribution in [3.63, 3.8) is 0 Å². The minimum absolute atomic E-state index is 0. The average molecular weight is 269 g/mol. The highest BCUT2D eigenvalue weighted by Crippen LogP contribution is 2.22. The molecule has 98 valence electrons. The fourth-order valence-corrected chi connectivity index (χ4v) is 2.01. The first-order valence-electron chi connectivity index (χ1n) is 5.82. The standard InChI is InChI=1S/C13H16N2O2.ClH/c1-9(14)5-4-8-15-12(16)10-6-2-3-7-11(10)13(15)17;/h2-3,6-7,9H,4-5,8,14H2,1H3;1H. The quantitative estimate of drug-likeness (QED) is 0.848.